The van der Waals surface area contributed by atoms with Crippen LogP contribution in [-0.2, 0) is 0 Å². The molecular weight excluding hydrogens is 396 g/mol. The van der Waals surface area contributed by atoms with Gasteiger partial charge in [-0.2, -0.15) is 0 Å². The Balaban J connectivity index is 1.86. The fraction of sp³-hybridized carbons (Fsp3) is 0.273. The highest BCUT2D eigenvalue weighted by Crippen LogP contribution is 2.32. The Kier molecular flexibility index (Phi) is 5.43. The van der Waals surface area contributed by atoms with E-state index < -0.39 is 5.97 Å². The number of fused-ring (bicyclic) bond motifs is 1. The quantitative estimate of drug-likeness (QED) is 0.508. The summed E-state index contributed by atoms with van der Waals surface area (Å²) in [5.74, 6) is -1.20. The molecule has 0 radical (unpaired) electrons. The number of piperazine rings is 1. The summed E-state index contributed by atoms with van der Waals surface area (Å²) in [7, 11) is 1.71. The lowest BCUT2D eigenvalue weighted by Gasteiger charge is -2.29. The minimum Gasteiger partial charge on any atom is -0.507 e. The van der Waals surface area contributed by atoms with Gasteiger partial charge in [0.15, 0.2) is 11.5 Å². The fourth-order valence-corrected chi connectivity index (χ4v) is 3.79. The van der Waals surface area contributed by atoms with E-state index in [9.17, 15) is 15.0 Å². The van der Waals surface area contributed by atoms with Crippen molar-refractivity contribution in [3.63, 3.8) is 0 Å². The first-order chi connectivity index (χ1) is 14.9. The normalized spacial score (nSPS) is 18.5. The van der Waals surface area contributed by atoms with Gasteiger partial charge >= 0.3 is 5.97 Å². The number of aromatic nitrogens is 2. The van der Waals surface area contributed by atoms with Crippen molar-refractivity contribution >= 4 is 33.8 Å². The van der Waals surface area contributed by atoms with Crippen LogP contribution in [0, 0.1) is 5.41 Å². The molecule has 2 heterocycles. The molecule has 9 nitrogen and oxygen atoms in total. The van der Waals surface area contributed by atoms with Gasteiger partial charge in [-0.3, -0.25) is 5.41 Å². The summed E-state index contributed by atoms with van der Waals surface area (Å²) in [5, 5.41) is 35.3. The molecule has 31 heavy (non-hydrogen) atoms. The van der Waals surface area contributed by atoms with Gasteiger partial charge in [0.05, 0.1) is 16.8 Å². The third-order valence-corrected chi connectivity index (χ3v) is 5.48. The molecule has 1 aliphatic heterocycles. The van der Waals surface area contributed by atoms with E-state index in [0.717, 1.165) is 31.9 Å². The first kappa shape index (κ1) is 20.5. The average Bonchev–Trinajstić information content (AvgIpc) is 2.79. The Morgan fingerprint density at radius 1 is 1.29 bits per heavy atom. The third kappa shape index (κ3) is 3.75. The highest BCUT2D eigenvalue weighted by atomic mass is 16.4. The van der Waals surface area contributed by atoms with E-state index in [1.807, 2.05) is 12.1 Å². The number of aliphatic hydroxyl groups is 1. The standard InChI is InChI=1S/C22H24N6O3/c1-12-18(23)13(11-24-2)9-16(20(12)29)21-26-17-4-3-14(28-7-5-25-6-8-28)10-15(17)19(27-21)22(30)31/h3-4,9-11,23-25,29H,5-8H2,1-2H3,(H,30,31)/b13-11-,23-18?. The maximum absolute atomic E-state index is 12.0. The Bertz CT molecular complexity index is 1180. The summed E-state index contributed by atoms with van der Waals surface area (Å²) in [5.41, 5.74) is 2.66. The maximum Gasteiger partial charge on any atom is 0.355 e. The number of nitrogens with one attached hydrogen (secondary N) is 3. The predicted molar refractivity (Wildman–Crippen MR) is 120 cm³/mol. The zero-order valence-electron chi connectivity index (χ0n) is 17.4. The topological polar surface area (TPSA) is 134 Å². The molecule has 1 aromatic heterocycles. The first-order valence-electron chi connectivity index (χ1n) is 10.0. The van der Waals surface area contributed by atoms with Crippen LogP contribution < -0.4 is 15.5 Å². The van der Waals surface area contributed by atoms with Crippen LogP contribution in [0.1, 0.15) is 23.2 Å². The fourth-order valence-electron chi connectivity index (χ4n) is 3.79. The number of carboxylic acids is 1. The summed E-state index contributed by atoms with van der Waals surface area (Å²) in [4.78, 5) is 23.1. The minimum atomic E-state index is -1.17. The molecule has 5 N–H and O–H groups in total. The summed E-state index contributed by atoms with van der Waals surface area (Å²) in [6.07, 6.45) is 3.22. The van der Waals surface area contributed by atoms with Crippen LogP contribution in [-0.4, -0.2) is 65.1 Å². The molecule has 1 saturated heterocycles. The lowest BCUT2D eigenvalue weighted by Crippen LogP contribution is -2.43. The van der Waals surface area contributed by atoms with Crippen molar-refractivity contribution in [1.82, 2.24) is 20.6 Å². The summed E-state index contributed by atoms with van der Waals surface area (Å²) >= 11 is 0. The van der Waals surface area contributed by atoms with Crippen molar-refractivity contribution in [3.05, 3.63) is 58.9 Å². The van der Waals surface area contributed by atoms with Gasteiger partial charge < -0.3 is 25.7 Å². The van der Waals surface area contributed by atoms with Crippen LogP contribution in [0.2, 0.25) is 0 Å². The molecule has 0 atom stereocenters. The first-order valence-corrected chi connectivity index (χ1v) is 10.0. The molecule has 0 unspecified atom stereocenters. The van der Waals surface area contributed by atoms with Crippen LogP contribution in [0.3, 0.4) is 0 Å². The lowest BCUT2D eigenvalue weighted by atomic mass is 9.92. The monoisotopic (exact) mass is 420 g/mol. The molecule has 1 aromatic carbocycles. The molecule has 2 aliphatic rings. The Hall–Kier alpha value is -3.72. The van der Waals surface area contributed by atoms with Crippen LogP contribution in [0.5, 0.6) is 0 Å². The van der Waals surface area contributed by atoms with Crippen LogP contribution in [0.15, 0.2) is 47.4 Å². The van der Waals surface area contributed by atoms with Gasteiger partial charge in [-0.25, -0.2) is 14.8 Å². The van der Waals surface area contributed by atoms with Crippen molar-refractivity contribution < 1.29 is 15.0 Å². The number of hydrogen-bond donors (Lipinski definition) is 5. The molecular formula is C22H24N6O3. The molecule has 0 saturated carbocycles. The van der Waals surface area contributed by atoms with E-state index in [4.69, 9.17) is 5.41 Å². The number of benzene rings is 1. The van der Waals surface area contributed by atoms with Gasteiger partial charge in [0.1, 0.15) is 5.76 Å². The van der Waals surface area contributed by atoms with E-state index in [1.165, 1.54) is 0 Å². The van der Waals surface area contributed by atoms with Gasteiger partial charge in [0, 0.05) is 61.6 Å². The summed E-state index contributed by atoms with van der Waals surface area (Å²) < 4.78 is 0. The van der Waals surface area contributed by atoms with Crippen molar-refractivity contribution in [1.29, 1.82) is 5.41 Å². The van der Waals surface area contributed by atoms with E-state index in [1.54, 1.807) is 32.3 Å². The average molecular weight is 420 g/mol. The van der Waals surface area contributed by atoms with Gasteiger partial charge in [-0.1, -0.05) is 0 Å². The number of carbonyl (C=O) groups is 1. The summed E-state index contributed by atoms with van der Waals surface area (Å²) in [6, 6.07) is 5.52. The van der Waals surface area contributed by atoms with Crippen LogP contribution >= 0.6 is 0 Å². The molecule has 9 heteroatoms. The Morgan fingerprint density at radius 2 is 2.03 bits per heavy atom. The molecule has 160 valence electrons. The summed E-state index contributed by atoms with van der Waals surface area (Å²) in [6.45, 7) is 5.05. The molecule has 1 aliphatic carbocycles. The molecule has 1 fully saturated rings. The Labute approximate surface area is 179 Å². The van der Waals surface area contributed by atoms with E-state index >= 15 is 0 Å². The van der Waals surface area contributed by atoms with Crippen LogP contribution in [0.4, 0.5) is 5.69 Å². The van der Waals surface area contributed by atoms with Gasteiger partial charge in [0.2, 0.25) is 0 Å². The van der Waals surface area contributed by atoms with Gasteiger partial charge in [-0.05, 0) is 31.2 Å². The molecule has 0 amide bonds. The SMILES string of the molecule is CN/C=C1/C=C(c2nc(C(=O)O)c3cc(N4CCNCC4)ccc3n2)C(O)=C(C)C1=N. The minimum absolute atomic E-state index is 0.103. The second kappa shape index (κ2) is 8.19. The number of carboxylic acid groups (broad SMARTS) is 1. The second-order valence-corrected chi connectivity index (χ2v) is 7.43. The maximum atomic E-state index is 12.0. The predicted octanol–water partition coefficient (Wildman–Crippen LogP) is 2.09. The highest BCUT2D eigenvalue weighted by Gasteiger charge is 2.25. The molecule has 0 spiro atoms. The molecule has 0 bridgehead atoms. The molecule has 4 rings (SSSR count). The second-order valence-electron chi connectivity index (χ2n) is 7.43. The van der Waals surface area contributed by atoms with Crippen molar-refractivity contribution in [3.8, 4) is 0 Å². The number of aromatic carboxylic acids is 1. The van der Waals surface area contributed by atoms with Gasteiger partial charge in [0.25, 0.3) is 0 Å². The number of aliphatic hydroxyl groups excluding tert-OH is 1. The Morgan fingerprint density at radius 3 is 2.71 bits per heavy atom. The number of hydrogen-bond acceptors (Lipinski definition) is 8. The van der Waals surface area contributed by atoms with Crippen molar-refractivity contribution in [2.45, 2.75) is 6.92 Å². The van der Waals surface area contributed by atoms with E-state index in [0.29, 0.717) is 22.0 Å². The zero-order chi connectivity index (χ0) is 22.1. The third-order valence-electron chi connectivity index (χ3n) is 5.48. The number of rotatable bonds is 4. The molecule has 2 aromatic rings. The van der Waals surface area contributed by atoms with Crippen LogP contribution in [0.25, 0.3) is 16.5 Å². The number of nitrogens with zero attached hydrogens (tertiary/aromatic N) is 3. The van der Waals surface area contributed by atoms with Crippen molar-refractivity contribution in [2.24, 2.45) is 0 Å². The largest absolute Gasteiger partial charge is 0.507 e. The number of anilines is 1. The lowest BCUT2D eigenvalue weighted by molar-refractivity contribution is 0.0692. The van der Waals surface area contributed by atoms with E-state index in [-0.39, 0.29) is 28.6 Å². The van der Waals surface area contributed by atoms with Crippen molar-refractivity contribution in [2.75, 3.05) is 38.1 Å². The highest BCUT2D eigenvalue weighted by molar-refractivity contribution is 6.17. The van der Waals surface area contributed by atoms with E-state index in [2.05, 4.69) is 25.5 Å². The smallest absolute Gasteiger partial charge is 0.355 e. The van der Waals surface area contributed by atoms with Gasteiger partial charge in [-0.15, -0.1) is 0 Å². The number of allylic oxidation sites excluding steroid dienone is 4. The zero-order valence-corrected chi connectivity index (χ0v) is 17.4.